The minimum atomic E-state index is -0.958. The summed E-state index contributed by atoms with van der Waals surface area (Å²) in [5, 5.41) is 3.91. The number of benzene rings is 2. The number of hydrogen-bond acceptors (Lipinski definition) is 3. The van der Waals surface area contributed by atoms with E-state index in [9.17, 15) is 14.4 Å². The van der Waals surface area contributed by atoms with Gasteiger partial charge in [0.25, 0.3) is 11.8 Å². The lowest BCUT2D eigenvalue weighted by atomic mass is 9.87. The fourth-order valence-electron chi connectivity index (χ4n) is 3.87. The van der Waals surface area contributed by atoms with E-state index in [0.717, 1.165) is 5.56 Å². The zero-order valence-corrected chi connectivity index (χ0v) is 17.0. The number of imide groups is 1. The lowest BCUT2D eigenvalue weighted by Gasteiger charge is -2.37. The molecule has 4 rings (SSSR count). The molecule has 6 nitrogen and oxygen atoms in total. The van der Waals surface area contributed by atoms with Gasteiger partial charge in [0, 0.05) is 28.7 Å². The van der Waals surface area contributed by atoms with Crippen LogP contribution in [0.4, 0.5) is 4.79 Å². The van der Waals surface area contributed by atoms with E-state index in [1.807, 2.05) is 6.07 Å². The highest BCUT2D eigenvalue weighted by molar-refractivity contribution is 6.31. The predicted octanol–water partition coefficient (Wildman–Crippen LogP) is 3.72. The van der Waals surface area contributed by atoms with Gasteiger partial charge in [-0.1, -0.05) is 41.4 Å². The van der Waals surface area contributed by atoms with Crippen molar-refractivity contribution in [1.29, 1.82) is 0 Å². The maximum atomic E-state index is 13.1. The number of nitrogens with one attached hydrogen (secondary N) is 1. The molecule has 2 aromatic carbocycles. The summed E-state index contributed by atoms with van der Waals surface area (Å²) in [6.07, 6.45) is 0.742. The first kappa shape index (κ1) is 19.7. The lowest BCUT2D eigenvalue weighted by molar-refractivity contribution is -0.133. The van der Waals surface area contributed by atoms with Crippen molar-refractivity contribution in [3.05, 3.63) is 69.7 Å². The van der Waals surface area contributed by atoms with E-state index in [4.69, 9.17) is 23.2 Å². The van der Waals surface area contributed by atoms with Crippen molar-refractivity contribution in [3.8, 4) is 0 Å². The molecule has 2 aromatic rings. The molecule has 8 heteroatoms. The van der Waals surface area contributed by atoms with Crippen LogP contribution in [0.15, 0.2) is 48.5 Å². The quantitative estimate of drug-likeness (QED) is 0.752. The van der Waals surface area contributed by atoms with Crippen molar-refractivity contribution < 1.29 is 14.4 Å². The van der Waals surface area contributed by atoms with Gasteiger partial charge in [0.1, 0.15) is 5.54 Å². The molecular weight excluding hydrogens is 413 g/mol. The molecule has 0 aromatic heterocycles. The molecule has 2 aliphatic rings. The Bertz CT molecular complexity index is 987. The molecule has 0 bridgehead atoms. The second-order valence-electron chi connectivity index (χ2n) is 7.34. The first-order chi connectivity index (χ1) is 13.9. The van der Waals surface area contributed by atoms with E-state index in [2.05, 4.69) is 5.32 Å². The summed E-state index contributed by atoms with van der Waals surface area (Å²) in [7, 11) is 0. The number of rotatable bonds is 3. The predicted molar refractivity (Wildman–Crippen MR) is 110 cm³/mol. The molecule has 1 spiro atoms. The van der Waals surface area contributed by atoms with Crippen LogP contribution in [-0.2, 0) is 11.3 Å². The van der Waals surface area contributed by atoms with Gasteiger partial charge in [-0.3, -0.25) is 14.5 Å². The summed E-state index contributed by atoms with van der Waals surface area (Å²) < 4.78 is 0. The molecule has 0 radical (unpaired) electrons. The van der Waals surface area contributed by atoms with E-state index < -0.39 is 11.6 Å². The highest BCUT2D eigenvalue weighted by Crippen LogP contribution is 2.31. The van der Waals surface area contributed by atoms with Gasteiger partial charge in [0.2, 0.25) is 0 Å². The van der Waals surface area contributed by atoms with Crippen molar-refractivity contribution >= 4 is 41.0 Å². The number of halogens is 2. The molecule has 0 saturated carbocycles. The van der Waals surface area contributed by atoms with Crippen LogP contribution in [0.1, 0.15) is 28.8 Å². The molecule has 4 amide bonds. The number of likely N-dealkylation sites (tertiary alicyclic amines) is 1. The minimum absolute atomic E-state index is 0.130. The molecule has 150 valence electrons. The first-order valence-corrected chi connectivity index (χ1v) is 10.1. The smallest absolute Gasteiger partial charge is 0.325 e. The van der Waals surface area contributed by atoms with Crippen LogP contribution in [0.2, 0.25) is 10.0 Å². The van der Waals surface area contributed by atoms with E-state index in [0.29, 0.717) is 41.5 Å². The Balaban J connectivity index is 1.44. The molecule has 2 saturated heterocycles. The van der Waals surface area contributed by atoms with E-state index in [1.165, 1.54) is 4.90 Å². The molecule has 29 heavy (non-hydrogen) atoms. The van der Waals surface area contributed by atoms with E-state index in [1.54, 1.807) is 47.4 Å². The summed E-state index contributed by atoms with van der Waals surface area (Å²) in [6.45, 7) is 0.920. The second kappa shape index (κ2) is 7.69. The zero-order chi connectivity index (χ0) is 20.6. The summed E-state index contributed by atoms with van der Waals surface area (Å²) in [5.41, 5.74) is 0.338. The lowest BCUT2D eigenvalue weighted by Crippen LogP contribution is -2.55. The van der Waals surface area contributed by atoms with Crippen LogP contribution in [-0.4, -0.2) is 46.3 Å². The van der Waals surface area contributed by atoms with Crippen LogP contribution in [0.5, 0.6) is 0 Å². The fourth-order valence-corrected chi connectivity index (χ4v) is 4.28. The standard InChI is InChI=1S/C21H19Cl2N3O3/c22-16-5-1-3-14(11-16)13-26-19(28)21(24-20(26)29)7-9-25(10-8-21)18(27)15-4-2-6-17(23)12-15/h1-6,11-12H,7-10,13H2,(H,24,29). The van der Waals surface area contributed by atoms with Crippen LogP contribution in [0.3, 0.4) is 0 Å². The molecule has 1 N–H and O–H groups in total. The summed E-state index contributed by atoms with van der Waals surface area (Å²) in [4.78, 5) is 41.2. The number of hydrogen-bond donors (Lipinski definition) is 1. The monoisotopic (exact) mass is 431 g/mol. The third-order valence-corrected chi connectivity index (χ3v) is 5.92. The van der Waals surface area contributed by atoms with Crippen LogP contribution < -0.4 is 5.32 Å². The van der Waals surface area contributed by atoms with Crippen LogP contribution in [0.25, 0.3) is 0 Å². The van der Waals surface area contributed by atoms with Gasteiger partial charge in [0.05, 0.1) is 6.54 Å². The molecule has 2 aliphatic heterocycles. The maximum Gasteiger partial charge on any atom is 0.325 e. The number of nitrogens with zero attached hydrogens (tertiary/aromatic N) is 2. The third kappa shape index (κ3) is 3.82. The largest absolute Gasteiger partial charge is 0.338 e. The maximum absolute atomic E-state index is 13.1. The van der Waals surface area contributed by atoms with Crippen molar-refractivity contribution in [3.63, 3.8) is 0 Å². The second-order valence-corrected chi connectivity index (χ2v) is 8.21. The van der Waals surface area contributed by atoms with Crippen molar-refractivity contribution in [2.75, 3.05) is 13.1 Å². The molecule has 0 aliphatic carbocycles. The molecular formula is C21H19Cl2N3O3. The summed E-state index contributed by atoms with van der Waals surface area (Å²) >= 11 is 12.0. The van der Waals surface area contributed by atoms with Crippen LogP contribution in [0, 0.1) is 0 Å². The third-order valence-electron chi connectivity index (χ3n) is 5.45. The normalized spacial score (nSPS) is 18.3. The fraction of sp³-hybridized carbons (Fsp3) is 0.286. The molecule has 0 unspecified atom stereocenters. The Kier molecular flexibility index (Phi) is 5.23. The Morgan fingerprint density at radius 2 is 1.66 bits per heavy atom. The summed E-state index contributed by atoms with van der Waals surface area (Å²) in [5.74, 6) is -0.382. The minimum Gasteiger partial charge on any atom is -0.338 e. The van der Waals surface area contributed by atoms with Gasteiger partial charge >= 0.3 is 6.03 Å². The topological polar surface area (TPSA) is 69.7 Å². The highest BCUT2D eigenvalue weighted by Gasteiger charge is 2.52. The van der Waals surface area contributed by atoms with Crippen LogP contribution >= 0.6 is 23.2 Å². The first-order valence-electron chi connectivity index (χ1n) is 9.31. The Labute approximate surface area is 178 Å². The van der Waals surface area contributed by atoms with Crippen molar-refractivity contribution in [2.45, 2.75) is 24.9 Å². The number of urea groups is 1. The Hall–Kier alpha value is -2.57. The summed E-state index contributed by atoms with van der Waals surface area (Å²) in [6, 6.07) is 13.5. The number of carbonyl (C=O) groups excluding carboxylic acids is 3. The van der Waals surface area contributed by atoms with Gasteiger partial charge in [-0.2, -0.15) is 0 Å². The van der Waals surface area contributed by atoms with Gasteiger partial charge in [-0.05, 0) is 48.7 Å². The average Bonchev–Trinajstić information content (AvgIpc) is 2.92. The Morgan fingerprint density at radius 1 is 1.00 bits per heavy atom. The van der Waals surface area contributed by atoms with Crippen molar-refractivity contribution in [1.82, 2.24) is 15.1 Å². The van der Waals surface area contributed by atoms with Gasteiger partial charge < -0.3 is 10.2 Å². The van der Waals surface area contributed by atoms with Crippen molar-refractivity contribution in [2.24, 2.45) is 0 Å². The van der Waals surface area contributed by atoms with Gasteiger partial charge in [0.15, 0.2) is 0 Å². The number of piperidine rings is 1. The van der Waals surface area contributed by atoms with E-state index >= 15 is 0 Å². The van der Waals surface area contributed by atoms with E-state index in [-0.39, 0.29) is 18.4 Å². The highest BCUT2D eigenvalue weighted by atomic mass is 35.5. The molecule has 2 heterocycles. The molecule has 2 fully saturated rings. The van der Waals surface area contributed by atoms with Gasteiger partial charge in [-0.25, -0.2) is 4.79 Å². The molecule has 0 atom stereocenters. The number of amides is 4. The SMILES string of the molecule is O=C(c1cccc(Cl)c1)N1CCC2(CC1)NC(=O)N(Cc1cccc(Cl)c1)C2=O. The zero-order valence-electron chi connectivity index (χ0n) is 15.5. The number of carbonyl (C=O) groups is 3. The average molecular weight is 432 g/mol. The van der Waals surface area contributed by atoms with Gasteiger partial charge in [-0.15, -0.1) is 0 Å². The Morgan fingerprint density at radius 3 is 2.31 bits per heavy atom.